The van der Waals surface area contributed by atoms with Crippen molar-refractivity contribution in [3.05, 3.63) is 36.0 Å². The molecule has 0 radical (unpaired) electrons. The molecule has 0 aliphatic carbocycles. The van der Waals surface area contributed by atoms with Crippen molar-refractivity contribution in [2.75, 3.05) is 13.1 Å². The van der Waals surface area contributed by atoms with Gasteiger partial charge >= 0.3 is 0 Å². The second-order valence-corrected chi connectivity index (χ2v) is 4.80. The molecule has 1 aliphatic rings. The summed E-state index contributed by atoms with van der Waals surface area (Å²) in [6, 6.07) is 6.26. The van der Waals surface area contributed by atoms with Crippen molar-refractivity contribution in [1.82, 2.24) is 15.0 Å². The Kier molecular flexibility index (Phi) is 4.69. The summed E-state index contributed by atoms with van der Waals surface area (Å²) in [5, 5.41) is 3.91. The molecule has 1 aromatic carbocycles. The van der Waals surface area contributed by atoms with Gasteiger partial charge in [-0.05, 0) is 30.7 Å². The Hall–Kier alpha value is -1.50. The van der Waals surface area contributed by atoms with Gasteiger partial charge in [0.05, 0.1) is 6.54 Å². The zero-order valence-electron chi connectivity index (χ0n) is 10.8. The Morgan fingerprint density at radius 1 is 1.35 bits per heavy atom. The molecule has 0 spiro atoms. The Morgan fingerprint density at radius 2 is 2.10 bits per heavy atom. The summed E-state index contributed by atoms with van der Waals surface area (Å²) in [5.41, 5.74) is 6.59. The molecule has 2 N–H and O–H groups in total. The third-order valence-electron chi connectivity index (χ3n) is 3.24. The number of aromatic nitrogens is 2. The van der Waals surface area contributed by atoms with Crippen molar-refractivity contribution < 1.29 is 8.91 Å². The SMILES string of the molecule is Cl.N[C@@H]1CCN(Cc2nc(-c3ccc(F)cc3)no2)C1. The van der Waals surface area contributed by atoms with Crippen LogP contribution in [-0.4, -0.2) is 34.2 Å². The second kappa shape index (κ2) is 6.30. The lowest BCUT2D eigenvalue weighted by atomic mass is 10.2. The van der Waals surface area contributed by atoms with Crippen LogP contribution in [0.2, 0.25) is 0 Å². The monoisotopic (exact) mass is 298 g/mol. The summed E-state index contributed by atoms with van der Waals surface area (Å²) in [6.07, 6.45) is 0.999. The number of halogens is 2. The lowest BCUT2D eigenvalue weighted by Crippen LogP contribution is -2.26. The van der Waals surface area contributed by atoms with E-state index in [-0.39, 0.29) is 24.3 Å². The van der Waals surface area contributed by atoms with E-state index in [2.05, 4.69) is 15.0 Å². The molecular formula is C13H16ClFN4O. The van der Waals surface area contributed by atoms with E-state index in [1.165, 1.54) is 12.1 Å². The predicted octanol–water partition coefficient (Wildman–Crippen LogP) is 1.83. The minimum Gasteiger partial charge on any atom is -0.338 e. The van der Waals surface area contributed by atoms with Gasteiger partial charge in [0.2, 0.25) is 11.7 Å². The van der Waals surface area contributed by atoms with Gasteiger partial charge in [0.1, 0.15) is 5.82 Å². The van der Waals surface area contributed by atoms with Crippen LogP contribution in [0, 0.1) is 5.82 Å². The second-order valence-electron chi connectivity index (χ2n) is 4.80. The molecule has 2 aromatic rings. The van der Waals surface area contributed by atoms with Gasteiger partial charge in [-0.2, -0.15) is 4.98 Å². The van der Waals surface area contributed by atoms with Crippen LogP contribution >= 0.6 is 12.4 Å². The molecule has 0 saturated carbocycles. The van der Waals surface area contributed by atoms with Crippen LogP contribution in [0.3, 0.4) is 0 Å². The topological polar surface area (TPSA) is 68.2 Å². The molecular weight excluding hydrogens is 283 g/mol. The van der Waals surface area contributed by atoms with Crippen molar-refractivity contribution in [3.8, 4) is 11.4 Å². The fraction of sp³-hybridized carbons (Fsp3) is 0.385. The van der Waals surface area contributed by atoms with E-state index in [4.69, 9.17) is 10.3 Å². The maximum atomic E-state index is 12.8. The van der Waals surface area contributed by atoms with Crippen LogP contribution in [0.15, 0.2) is 28.8 Å². The number of benzene rings is 1. The van der Waals surface area contributed by atoms with Crippen LogP contribution in [-0.2, 0) is 6.54 Å². The molecule has 1 fully saturated rings. The van der Waals surface area contributed by atoms with E-state index < -0.39 is 0 Å². The van der Waals surface area contributed by atoms with Crippen molar-refractivity contribution in [2.24, 2.45) is 5.73 Å². The van der Waals surface area contributed by atoms with E-state index in [1.54, 1.807) is 12.1 Å². The fourth-order valence-electron chi connectivity index (χ4n) is 2.23. The van der Waals surface area contributed by atoms with E-state index in [0.717, 1.165) is 25.1 Å². The number of rotatable bonds is 3. The predicted molar refractivity (Wildman–Crippen MR) is 74.8 cm³/mol. The largest absolute Gasteiger partial charge is 0.338 e. The smallest absolute Gasteiger partial charge is 0.241 e. The molecule has 20 heavy (non-hydrogen) atoms. The maximum absolute atomic E-state index is 12.8. The van der Waals surface area contributed by atoms with Gasteiger partial charge in [-0.3, -0.25) is 4.90 Å². The Balaban J connectivity index is 0.00000147. The highest BCUT2D eigenvalue weighted by Gasteiger charge is 2.21. The van der Waals surface area contributed by atoms with Gasteiger partial charge in [-0.25, -0.2) is 4.39 Å². The van der Waals surface area contributed by atoms with E-state index >= 15 is 0 Å². The molecule has 7 heteroatoms. The number of hydrogen-bond donors (Lipinski definition) is 1. The molecule has 2 heterocycles. The van der Waals surface area contributed by atoms with E-state index in [9.17, 15) is 4.39 Å². The Bertz CT molecular complexity index is 560. The van der Waals surface area contributed by atoms with Gasteiger partial charge in [0, 0.05) is 24.7 Å². The zero-order valence-corrected chi connectivity index (χ0v) is 11.6. The fourth-order valence-corrected chi connectivity index (χ4v) is 2.23. The normalized spacial score (nSPS) is 19.0. The molecule has 1 aliphatic heterocycles. The van der Waals surface area contributed by atoms with E-state index in [0.29, 0.717) is 18.3 Å². The Morgan fingerprint density at radius 3 is 2.75 bits per heavy atom. The van der Waals surface area contributed by atoms with Crippen molar-refractivity contribution in [1.29, 1.82) is 0 Å². The maximum Gasteiger partial charge on any atom is 0.241 e. The molecule has 108 valence electrons. The molecule has 0 unspecified atom stereocenters. The summed E-state index contributed by atoms with van der Waals surface area (Å²) >= 11 is 0. The summed E-state index contributed by atoms with van der Waals surface area (Å²) in [7, 11) is 0. The number of nitrogens with zero attached hydrogens (tertiary/aromatic N) is 3. The summed E-state index contributed by atoms with van der Waals surface area (Å²) in [4.78, 5) is 6.50. The first-order chi connectivity index (χ1) is 9.20. The minimum absolute atomic E-state index is 0. The number of likely N-dealkylation sites (tertiary alicyclic amines) is 1. The third kappa shape index (κ3) is 3.33. The van der Waals surface area contributed by atoms with Crippen molar-refractivity contribution in [3.63, 3.8) is 0 Å². The van der Waals surface area contributed by atoms with Gasteiger partial charge in [-0.1, -0.05) is 5.16 Å². The lowest BCUT2D eigenvalue weighted by Gasteiger charge is -2.10. The van der Waals surface area contributed by atoms with Crippen LogP contribution in [0.25, 0.3) is 11.4 Å². The lowest BCUT2D eigenvalue weighted by molar-refractivity contribution is 0.265. The van der Waals surface area contributed by atoms with Gasteiger partial charge in [0.15, 0.2) is 0 Å². The van der Waals surface area contributed by atoms with Gasteiger partial charge in [0.25, 0.3) is 0 Å². The average Bonchev–Trinajstić information content (AvgIpc) is 3.00. The van der Waals surface area contributed by atoms with Crippen LogP contribution in [0.1, 0.15) is 12.3 Å². The molecule has 5 nitrogen and oxygen atoms in total. The highest BCUT2D eigenvalue weighted by molar-refractivity contribution is 5.85. The van der Waals surface area contributed by atoms with Gasteiger partial charge in [-0.15, -0.1) is 12.4 Å². The quantitative estimate of drug-likeness (QED) is 0.936. The van der Waals surface area contributed by atoms with E-state index in [1.807, 2.05) is 0 Å². The third-order valence-corrected chi connectivity index (χ3v) is 3.24. The Labute approximate surface area is 122 Å². The van der Waals surface area contributed by atoms with Crippen LogP contribution < -0.4 is 5.73 Å². The average molecular weight is 299 g/mol. The first-order valence-corrected chi connectivity index (χ1v) is 6.27. The summed E-state index contributed by atoms with van der Waals surface area (Å²) in [5.74, 6) is 0.769. The zero-order chi connectivity index (χ0) is 13.2. The molecule has 1 atom stereocenters. The number of nitrogens with two attached hydrogens (primary N) is 1. The molecule has 0 bridgehead atoms. The highest BCUT2D eigenvalue weighted by Crippen LogP contribution is 2.17. The molecule has 1 saturated heterocycles. The molecule has 0 amide bonds. The highest BCUT2D eigenvalue weighted by atomic mass is 35.5. The van der Waals surface area contributed by atoms with Crippen molar-refractivity contribution in [2.45, 2.75) is 19.0 Å². The first-order valence-electron chi connectivity index (χ1n) is 6.27. The summed E-state index contributed by atoms with van der Waals surface area (Å²) < 4.78 is 18.0. The van der Waals surface area contributed by atoms with Crippen LogP contribution in [0.4, 0.5) is 4.39 Å². The van der Waals surface area contributed by atoms with Crippen molar-refractivity contribution >= 4 is 12.4 Å². The standard InChI is InChI=1S/C13H15FN4O.ClH/c14-10-3-1-9(2-4-10)13-16-12(19-17-13)8-18-6-5-11(15)7-18;/h1-4,11H,5-8,15H2;1H/t11-;/m1./s1. The minimum atomic E-state index is -0.279. The molecule has 1 aromatic heterocycles. The van der Waals surface area contributed by atoms with Gasteiger partial charge < -0.3 is 10.3 Å². The first kappa shape index (κ1) is 14.9. The number of hydrogen-bond acceptors (Lipinski definition) is 5. The molecule has 3 rings (SSSR count). The summed E-state index contributed by atoms with van der Waals surface area (Å²) in [6.45, 7) is 2.42. The van der Waals surface area contributed by atoms with Crippen LogP contribution in [0.5, 0.6) is 0 Å².